The molecule has 18 heavy (non-hydrogen) atoms. The summed E-state index contributed by atoms with van der Waals surface area (Å²) in [5.41, 5.74) is 0.111. The van der Waals surface area contributed by atoms with Crippen molar-refractivity contribution in [2.24, 2.45) is 0 Å². The second-order valence-corrected chi connectivity index (χ2v) is 5.10. The fraction of sp³-hybridized carbons (Fsp3) is 0.500. The third-order valence-corrected chi connectivity index (χ3v) is 3.69. The molecule has 0 aromatic carbocycles. The van der Waals surface area contributed by atoms with E-state index in [1.54, 1.807) is 0 Å². The summed E-state index contributed by atoms with van der Waals surface area (Å²) in [6.45, 7) is 1.55. The van der Waals surface area contributed by atoms with Gasteiger partial charge in [0.2, 0.25) is 0 Å². The van der Waals surface area contributed by atoms with Crippen molar-refractivity contribution in [2.45, 2.75) is 25.0 Å². The van der Waals surface area contributed by atoms with Crippen LogP contribution in [0, 0.1) is 0 Å². The first kappa shape index (κ1) is 11.7. The van der Waals surface area contributed by atoms with Gasteiger partial charge in [-0.3, -0.25) is 0 Å². The number of halogens is 1. The van der Waals surface area contributed by atoms with Gasteiger partial charge in [0.1, 0.15) is 5.82 Å². The summed E-state index contributed by atoms with van der Waals surface area (Å²) < 4.78 is 5.74. The number of carboxylic acid groups (broad SMARTS) is 1. The Balaban J connectivity index is 1.86. The number of pyridine rings is 1. The van der Waals surface area contributed by atoms with Gasteiger partial charge in [-0.2, -0.15) is 0 Å². The molecule has 3 heterocycles. The van der Waals surface area contributed by atoms with E-state index in [0.29, 0.717) is 10.8 Å². The van der Waals surface area contributed by atoms with Crippen molar-refractivity contribution in [3.8, 4) is 0 Å². The van der Waals surface area contributed by atoms with Gasteiger partial charge < -0.3 is 14.7 Å². The average molecular weight is 269 g/mol. The molecule has 1 N–H and O–H groups in total. The summed E-state index contributed by atoms with van der Waals surface area (Å²) in [6, 6.07) is 1.45. The molecule has 2 bridgehead atoms. The zero-order valence-electron chi connectivity index (χ0n) is 9.67. The van der Waals surface area contributed by atoms with E-state index in [1.807, 2.05) is 0 Å². The molecule has 1 aromatic rings. The number of morpholine rings is 1. The number of aromatic nitrogens is 1. The lowest BCUT2D eigenvalue weighted by atomic mass is 10.2. The van der Waals surface area contributed by atoms with E-state index in [9.17, 15) is 4.79 Å². The number of aromatic carboxylic acids is 1. The monoisotopic (exact) mass is 268 g/mol. The minimum Gasteiger partial charge on any atom is -0.478 e. The zero-order chi connectivity index (χ0) is 12.7. The standard InChI is InChI=1S/C12H13ClN2O3/c13-10-3-7(12(16)17)4-14-11(10)15-5-8-1-2-9(6-15)18-8/h3-4,8-9H,1-2,5-6H2,(H,16,17). The number of nitrogens with zero attached hydrogens (tertiary/aromatic N) is 2. The number of anilines is 1. The molecule has 3 rings (SSSR count). The number of rotatable bonds is 2. The van der Waals surface area contributed by atoms with Crippen molar-refractivity contribution in [3.05, 3.63) is 22.8 Å². The van der Waals surface area contributed by atoms with Crippen LogP contribution in [0.3, 0.4) is 0 Å². The summed E-state index contributed by atoms with van der Waals surface area (Å²) in [4.78, 5) is 17.1. The fourth-order valence-corrected chi connectivity index (χ4v) is 2.85. The summed E-state index contributed by atoms with van der Waals surface area (Å²) in [5.74, 6) is -0.361. The molecule has 0 radical (unpaired) electrons. The molecule has 0 amide bonds. The Labute approximate surface area is 109 Å². The Kier molecular flexibility index (Phi) is 2.87. The van der Waals surface area contributed by atoms with Gasteiger partial charge in [0.05, 0.1) is 22.8 Å². The molecule has 0 spiro atoms. The summed E-state index contributed by atoms with van der Waals surface area (Å²) in [7, 11) is 0. The smallest absolute Gasteiger partial charge is 0.337 e. The normalized spacial score (nSPS) is 26.4. The molecule has 6 heteroatoms. The van der Waals surface area contributed by atoms with Gasteiger partial charge in [0.15, 0.2) is 0 Å². The number of fused-ring (bicyclic) bond motifs is 2. The van der Waals surface area contributed by atoms with Gasteiger partial charge in [-0.05, 0) is 18.9 Å². The number of carbonyl (C=O) groups is 1. The summed E-state index contributed by atoms with van der Waals surface area (Å²) in [5, 5.41) is 9.26. The lowest BCUT2D eigenvalue weighted by Crippen LogP contribution is -2.43. The number of hydrogen-bond donors (Lipinski definition) is 1. The largest absolute Gasteiger partial charge is 0.478 e. The minimum absolute atomic E-state index is 0.111. The van der Waals surface area contributed by atoms with Crippen LogP contribution in [-0.4, -0.2) is 41.4 Å². The molecule has 2 saturated heterocycles. The first-order valence-corrected chi connectivity index (χ1v) is 6.30. The van der Waals surface area contributed by atoms with Gasteiger partial charge in [-0.25, -0.2) is 9.78 Å². The van der Waals surface area contributed by atoms with Crippen LogP contribution >= 0.6 is 11.6 Å². The van der Waals surface area contributed by atoms with Gasteiger partial charge in [0, 0.05) is 19.3 Å². The van der Waals surface area contributed by atoms with Crippen LogP contribution in [0.5, 0.6) is 0 Å². The maximum Gasteiger partial charge on any atom is 0.337 e. The van der Waals surface area contributed by atoms with E-state index in [0.717, 1.165) is 25.9 Å². The van der Waals surface area contributed by atoms with Crippen molar-refractivity contribution >= 4 is 23.4 Å². The molecule has 2 unspecified atom stereocenters. The summed E-state index contributed by atoms with van der Waals surface area (Å²) in [6.07, 6.45) is 4.00. The number of carboxylic acids is 1. The van der Waals surface area contributed by atoms with Crippen LogP contribution in [-0.2, 0) is 4.74 Å². The van der Waals surface area contributed by atoms with Gasteiger partial charge in [0.25, 0.3) is 0 Å². The Hall–Kier alpha value is -1.33. The highest BCUT2D eigenvalue weighted by atomic mass is 35.5. The Bertz CT molecular complexity index is 482. The molecule has 2 aliphatic heterocycles. The van der Waals surface area contributed by atoms with Crippen LogP contribution in [0.25, 0.3) is 0 Å². The number of hydrogen-bond acceptors (Lipinski definition) is 4. The van der Waals surface area contributed by atoms with Crippen LogP contribution in [0.15, 0.2) is 12.3 Å². The maximum absolute atomic E-state index is 10.8. The second kappa shape index (κ2) is 4.40. The highest BCUT2D eigenvalue weighted by Gasteiger charge is 2.34. The first-order chi connectivity index (χ1) is 8.63. The Morgan fingerprint density at radius 2 is 2.11 bits per heavy atom. The third-order valence-electron chi connectivity index (χ3n) is 3.41. The van der Waals surface area contributed by atoms with Gasteiger partial charge in [-0.1, -0.05) is 11.6 Å². The van der Waals surface area contributed by atoms with Gasteiger partial charge in [-0.15, -0.1) is 0 Å². The molecular weight excluding hydrogens is 256 g/mol. The number of ether oxygens (including phenoxy) is 1. The zero-order valence-corrected chi connectivity index (χ0v) is 10.4. The van der Waals surface area contributed by atoms with Crippen LogP contribution in [0.1, 0.15) is 23.2 Å². The highest BCUT2D eigenvalue weighted by Crippen LogP contribution is 2.32. The molecule has 2 atom stereocenters. The average Bonchev–Trinajstić information content (AvgIpc) is 2.68. The van der Waals surface area contributed by atoms with Crippen LogP contribution in [0.2, 0.25) is 5.02 Å². The lowest BCUT2D eigenvalue weighted by Gasteiger charge is -2.33. The van der Waals surface area contributed by atoms with E-state index in [4.69, 9.17) is 21.4 Å². The predicted octanol–water partition coefficient (Wildman–Crippen LogP) is 1.80. The van der Waals surface area contributed by atoms with Gasteiger partial charge >= 0.3 is 5.97 Å². The summed E-state index contributed by atoms with van der Waals surface area (Å²) >= 11 is 6.11. The molecule has 96 valence electrons. The predicted molar refractivity (Wildman–Crippen MR) is 66.3 cm³/mol. The van der Waals surface area contributed by atoms with E-state index in [1.165, 1.54) is 12.3 Å². The third kappa shape index (κ3) is 2.04. The topological polar surface area (TPSA) is 62.7 Å². The quantitative estimate of drug-likeness (QED) is 0.886. The van der Waals surface area contributed by atoms with E-state index in [-0.39, 0.29) is 17.8 Å². The minimum atomic E-state index is -1.02. The Morgan fingerprint density at radius 3 is 2.67 bits per heavy atom. The van der Waals surface area contributed by atoms with Crippen molar-refractivity contribution < 1.29 is 14.6 Å². The van der Waals surface area contributed by atoms with Crippen molar-refractivity contribution in [2.75, 3.05) is 18.0 Å². The second-order valence-electron chi connectivity index (χ2n) is 4.70. The SMILES string of the molecule is O=C(O)c1cnc(N2CC3CCC(C2)O3)c(Cl)c1. The van der Waals surface area contributed by atoms with Crippen molar-refractivity contribution in [1.82, 2.24) is 4.98 Å². The van der Waals surface area contributed by atoms with Crippen LogP contribution < -0.4 is 4.90 Å². The first-order valence-electron chi connectivity index (χ1n) is 5.93. The van der Waals surface area contributed by atoms with E-state index < -0.39 is 5.97 Å². The molecule has 5 nitrogen and oxygen atoms in total. The fourth-order valence-electron chi connectivity index (χ4n) is 2.57. The molecule has 2 aliphatic rings. The maximum atomic E-state index is 10.8. The van der Waals surface area contributed by atoms with Crippen LogP contribution in [0.4, 0.5) is 5.82 Å². The molecular formula is C12H13ClN2O3. The van der Waals surface area contributed by atoms with E-state index in [2.05, 4.69) is 9.88 Å². The molecule has 0 saturated carbocycles. The van der Waals surface area contributed by atoms with Crippen molar-refractivity contribution in [3.63, 3.8) is 0 Å². The molecule has 2 fully saturated rings. The van der Waals surface area contributed by atoms with Crippen molar-refractivity contribution in [1.29, 1.82) is 0 Å². The molecule has 0 aliphatic carbocycles. The highest BCUT2D eigenvalue weighted by molar-refractivity contribution is 6.33. The Morgan fingerprint density at radius 1 is 1.44 bits per heavy atom. The molecule has 1 aromatic heterocycles. The lowest BCUT2D eigenvalue weighted by molar-refractivity contribution is 0.0302. The van der Waals surface area contributed by atoms with E-state index >= 15 is 0 Å².